The summed E-state index contributed by atoms with van der Waals surface area (Å²) < 4.78 is 0. The van der Waals surface area contributed by atoms with E-state index in [4.69, 9.17) is 0 Å². The van der Waals surface area contributed by atoms with E-state index in [-0.39, 0.29) is 24.9 Å². The molecule has 5 amide bonds. The zero-order valence-electron chi connectivity index (χ0n) is 18.1. The Morgan fingerprint density at radius 2 is 1.90 bits per heavy atom. The fourth-order valence-electron chi connectivity index (χ4n) is 3.55. The number of β-amino-alcohol motifs (C(OH)–C–C–N with tert-alkyl or cyclic N) is 1. The van der Waals surface area contributed by atoms with Crippen LogP contribution in [0.1, 0.15) is 26.7 Å². The molecule has 6 N–H and O–H groups in total. The first kappa shape index (κ1) is 24.5. The molecular weight excluding hydrogens is 408 g/mol. The number of aliphatic hydroxyl groups is 1. The molecule has 31 heavy (non-hydrogen) atoms. The summed E-state index contributed by atoms with van der Waals surface area (Å²) >= 11 is 0. The van der Waals surface area contributed by atoms with Gasteiger partial charge in [-0.25, -0.2) is 4.79 Å². The summed E-state index contributed by atoms with van der Waals surface area (Å²) in [7, 11) is 1.30. The summed E-state index contributed by atoms with van der Waals surface area (Å²) in [5.74, 6) is -2.77. The molecule has 174 valence electrons. The molecule has 2 saturated heterocycles. The predicted octanol–water partition coefficient (Wildman–Crippen LogP) is -2.93. The first-order valence-corrected chi connectivity index (χ1v) is 10.4. The molecule has 0 saturated carbocycles. The van der Waals surface area contributed by atoms with Crippen molar-refractivity contribution in [2.45, 2.75) is 50.9 Å². The van der Waals surface area contributed by atoms with E-state index >= 15 is 0 Å². The Bertz CT molecular complexity index is 714. The second-order valence-electron chi connectivity index (χ2n) is 8.22. The molecule has 12 nitrogen and oxygen atoms in total. The van der Waals surface area contributed by atoms with Crippen LogP contribution in [0.15, 0.2) is 0 Å². The molecular formula is C19H32N6O6. The highest BCUT2D eigenvalue weighted by Crippen LogP contribution is 2.10. The normalized spacial score (nSPS) is 22.6. The molecule has 4 atom stereocenters. The molecule has 2 aliphatic rings. The van der Waals surface area contributed by atoms with Crippen LogP contribution in [-0.2, 0) is 19.2 Å². The average molecular weight is 441 g/mol. The smallest absolute Gasteiger partial charge is 0.317 e. The Kier molecular flexibility index (Phi) is 8.75. The number of urea groups is 1. The third-order valence-electron chi connectivity index (χ3n) is 5.20. The molecule has 0 aromatic heterocycles. The number of likely N-dealkylation sites (N-methyl/N-ethyl adjacent to an activating group) is 1. The van der Waals surface area contributed by atoms with E-state index in [9.17, 15) is 29.1 Å². The van der Waals surface area contributed by atoms with Gasteiger partial charge in [0.05, 0.1) is 18.7 Å². The molecule has 2 aliphatic heterocycles. The van der Waals surface area contributed by atoms with Gasteiger partial charge < -0.3 is 36.6 Å². The number of nitrogens with one attached hydrogen (secondary N) is 5. The topological polar surface area (TPSA) is 169 Å². The maximum Gasteiger partial charge on any atom is 0.317 e. The van der Waals surface area contributed by atoms with Crippen molar-refractivity contribution in [3.63, 3.8) is 0 Å². The molecule has 0 radical (unpaired) electrons. The van der Waals surface area contributed by atoms with Crippen molar-refractivity contribution < 1.29 is 29.1 Å². The van der Waals surface area contributed by atoms with Gasteiger partial charge in [0.25, 0.3) is 5.91 Å². The van der Waals surface area contributed by atoms with E-state index in [1.165, 1.54) is 11.9 Å². The number of Topliss-reactive ketones (excluding diaryl/α,β-unsaturated/α-hetero) is 1. The summed E-state index contributed by atoms with van der Waals surface area (Å²) in [6.07, 6.45) is -0.0870. The lowest BCUT2D eigenvalue weighted by Gasteiger charge is -2.26. The standard InChI is InChI=1S/C19H32N6O6/c1-10(2)6-13(23-16(28)12-7-11(26)8-22-12)17(29)24-14(15(27)18(30)20-3)9-25-5-4-21-19(25)31/h10-14,22,26H,4-9H2,1-3H3,(H,20,30)(H,21,31)(H,23,28)(H,24,29)/t11-,12+,13-,14-/m0/s1. The van der Waals surface area contributed by atoms with Crippen molar-refractivity contribution in [3.05, 3.63) is 0 Å². The summed E-state index contributed by atoms with van der Waals surface area (Å²) in [5, 5.41) is 22.5. The van der Waals surface area contributed by atoms with E-state index in [2.05, 4.69) is 26.6 Å². The highest BCUT2D eigenvalue weighted by molar-refractivity contribution is 6.38. The van der Waals surface area contributed by atoms with Gasteiger partial charge in [-0.15, -0.1) is 0 Å². The summed E-state index contributed by atoms with van der Waals surface area (Å²) in [6, 6.07) is -3.20. The van der Waals surface area contributed by atoms with Crippen molar-refractivity contribution in [3.8, 4) is 0 Å². The van der Waals surface area contributed by atoms with Crippen molar-refractivity contribution in [2.24, 2.45) is 5.92 Å². The SMILES string of the molecule is CNC(=O)C(=O)[C@H](CN1CCNC1=O)NC(=O)[C@H](CC(C)C)NC(=O)[C@H]1C[C@H](O)CN1. The highest BCUT2D eigenvalue weighted by Gasteiger charge is 2.35. The van der Waals surface area contributed by atoms with Crippen molar-refractivity contribution in [1.29, 1.82) is 0 Å². The van der Waals surface area contributed by atoms with Crippen LogP contribution >= 0.6 is 0 Å². The van der Waals surface area contributed by atoms with Crippen LogP contribution < -0.4 is 26.6 Å². The number of ketones is 1. The zero-order chi connectivity index (χ0) is 23.1. The highest BCUT2D eigenvalue weighted by atomic mass is 16.3. The number of hydrogen-bond acceptors (Lipinski definition) is 7. The quantitative estimate of drug-likeness (QED) is 0.198. The van der Waals surface area contributed by atoms with Gasteiger partial charge in [0.15, 0.2) is 0 Å². The van der Waals surface area contributed by atoms with E-state index in [0.717, 1.165) is 0 Å². The van der Waals surface area contributed by atoms with Crippen LogP contribution in [0.25, 0.3) is 0 Å². The Hall–Kier alpha value is -2.73. The Labute approximate surface area is 180 Å². The Balaban J connectivity index is 2.11. The van der Waals surface area contributed by atoms with Gasteiger partial charge in [-0.05, 0) is 18.8 Å². The fraction of sp³-hybridized carbons (Fsp3) is 0.737. The second-order valence-corrected chi connectivity index (χ2v) is 8.22. The maximum atomic E-state index is 13.0. The third-order valence-corrected chi connectivity index (χ3v) is 5.20. The zero-order valence-corrected chi connectivity index (χ0v) is 18.1. The van der Waals surface area contributed by atoms with Crippen molar-refractivity contribution in [2.75, 3.05) is 33.2 Å². The molecule has 0 aliphatic carbocycles. The third kappa shape index (κ3) is 6.89. The lowest BCUT2D eigenvalue weighted by molar-refractivity contribution is -0.140. The van der Waals surface area contributed by atoms with Crippen LogP contribution in [0.4, 0.5) is 4.79 Å². The molecule has 2 fully saturated rings. The van der Waals surface area contributed by atoms with Crippen LogP contribution in [0.2, 0.25) is 0 Å². The molecule has 0 spiro atoms. The van der Waals surface area contributed by atoms with E-state index in [0.29, 0.717) is 26.1 Å². The largest absolute Gasteiger partial charge is 0.392 e. The minimum Gasteiger partial charge on any atom is -0.392 e. The number of aliphatic hydroxyl groups excluding tert-OH is 1. The van der Waals surface area contributed by atoms with E-state index in [1.807, 2.05) is 13.8 Å². The Morgan fingerprint density at radius 3 is 2.42 bits per heavy atom. The molecule has 2 heterocycles. The Morgan fingerprint density at radius 1 is 1.19 bits per heavy atom. The van der Waals surface area contributed by atoms with Gasteiger partial charge in [0.2, 0.25) is 17.6 Å². The number of nitrogens with zero attached hydrogens (tertiary/aromatic N) is 1. The molecule has 0 aromatic rings. The van der Waals surface area contributed by atoms with Gasteiger partial charge in [-0.2, -0.15) is 0 Å². The molecule has 12 heteroatoms. The minimum absolute atomic E-state index is 0.0515. The average Bonchev–Trinajstić information content (AvgIpc) is 3.33. The first-order chi connectivity index (χ1) is 14.6. The van der Waals surface area contributed by atoms with Crippen molar-refractivity contribution >= 4 is 29.5 Å². The fourth-order valence-corrected chi connectivity index (χ4v) is 3.55. The molecule has 0 unspecified atom stereocenters. The van der Waals surface area contributed by atoms with Crippen LogP contribution in [0, 0.1) is 5.92 Å². The number of carbonyl (C=O) groups excluding carboxylic acids is 5. The van der Waals surface area contributed by atoms with Gasteiger partial charge in [-0.3, -0.25) is 19.2 Å². The van der Waals surface area contributed by atoms with Gasteiger partial charge in [0, 0.05) is 26.7 Å². The van der Waals surface area contributed by atoms with Gasteiger partial charge in [0.1, 0.15) is 12.1 Å². The first-order valence-electron chi connectivity index (χ1n) is 10.4. The van der Waals surface area contributed by atoms with Crippen molar-refractivity contribution in [1.82, 2.24) is 31.5 Å². The number of amides is 5. The lowest BCUT2D eigenvalue weighted by atomic mass is 10.0. The lowest BCUT2D eigenvalue weighted by Crippen LogP contribution is -2.58. The number of carbonyl (C=O) groups is 5. The van der Waals surface area contributed by atoms with Gasteiger partial charge >= 0.3 is 6.03 Å². The van der Waals surface area contributed by atoms with Crippen LogP contribution in [0.5, 0.6) is 0 Å². The van der Waals surface area contributed by atoms with Crippen LogP contribution in [0.3, 0.4) is 0 Å². The maximum absolute atomic E-state index is 13.0. The van der Waals surface area contributed by atoms with Gasteiger partial charge in [-0.1, -0.05) is 13.8 Å². The molecule has 0 bridgehead atoms. The summed E-state index contributed by atoms with van der Waals surface area (Å²) in [5.41, 5.74) is 0. The summed E-state index contributed by atoms with van der Waals surface area (Å²) in [4.78, 5) is 63.1. The van der Waals surface area contributed by atoms with E-state index in [1.54, 1.807) is 0 Å². The molecule has 2 rings (SSSR count). The summed E-state index contributed by atoms with van der Waals surface area (Å²) in [6.45, 7) is 4.63. The van der Waals surface area contributed by atoms with Crippen LogP contribution in [-0.4, -0.2) is 97.0 Å². The molecule has 0 aromatic carbocycles. The number of hydrogen-bond donors (Lipinski definition) is 6. The second kappa shape index (κ2) is 11.0. The predicted molar refractivity (Wildman–Crippen MR) is 110 cm³/mol. The monoisotopic (exact) mass is 440 g/mol. The van der Waals surface area contributed by atoms with E-state index < -0.39 is 47.7 Å². The minimum atomic E-state index is -1.26. The number of rotatable bonds is 10.